The van der Waals surface area contributed by atoms with Crippen LogP contribution in [-0.2, 0) is 14.8 Å². The van der Waals surface area contributed by atoms with E-state index in [1.165, 1.54) is 12.1 Å². The van der Waals surface area contributed by atoms with Gasteiger partial charge in [-0.1, -0.05) is 0 Å². The minimum atomic E-state index is -3.71. The molecule has 1 aliphatic rings. The first-order valence-corrected chi connectivity index (χ1v) is 7.29. The number of nitrogen functional groups attached to an aromatic ring is 1. The lowest BCUT2D eigenvalue weighted by atomic mass is 10.2. The van der Waals surface area contributed by atoms with Gasteiger partial charge >= 0.3 is 0 Å². The molecule has 1 saturated heterocycles. The molecule has 1 heterocycles. The Morgan fingerprint density at radius 3 is 2.78 bits per heavy atom. The van der Waals surface area contributed by atoms with E-state index in [1.807, 2.05) is 0 Å². The third-order valence-corrected chi connectivity index (χ3v) is 3.81. The highest BCUT2D eigenvalue weighted by molar-refractivity contribution is 7.89. The van der Waals surface area contributed by atoms with Crippen molar-refractivity contribution in [1.29, 1.82) is 0 Å². The van der Waals surface area contributed by atoms with E-state index in [2.05, 4.69) is 5.32 Å². The zero-order valence-corrected chi connectivity index (χ0v) is 10.7. The molecule has 5 N–H and O–H groups in total. The Morgan fingerprint density at radius 1 is 1.44 bits per heavy atom. The summed E-state index contributed by atoms with van der Waals surface area (Å²) in [5.41, 5.74) is 6.83. The standard InChI is InChI=1S/C11H17N3O3S/c12-10-6-9(18(13,15)16)3-4-11(10)14-7-8-2-1-5-17-8/h3-4,6,8,14H,1-2,5,7,12H2,(H2,13,15,16). The van der Waals surface area contributed by atoms with Gasteiger partial charge in [-0.3, -0.25) is 0 Å². The Morgan fingerprint density at radius 2 is 2.22 bits per heavy atom. The summed E-state index contributed by atoms with van der Waals surface area (Å²) >= 11 is 0. The normalized spacial score (nSPS) is 19.9. The maximum absolute atomic E-state index is 11.1. The van der Waals surface area contributed by atoms with E-state index in [-0.39, 0.29) is 11.0 Å². The Kier molecular flexibility index (Phi) is 3.74. The molecule has 0 radical (unpaired) electrons. The van der Waals surface area contributed by atoms with Crippen LogP contribution in [0.25, 0.3) is 0 Å². The Hall–Kier alpha value is -1.31. The number of nitrogens with two attached hydrogens (primary N) is 2. The predicted octanol–water partition coefficient (Wildman–Crippen LogP) is 0.507. The first-order chi connectivity index (χ1) is 8.47. The number of sulfonamides is 1. The van der Waals surface area contributed by atoms with Crippen molar-refractivity contribution in [3.63, 3.8) is 0 Å². The van der Waals surface area contributed by atoms with Gasteiger partial charge in [0.2, 0.25) is 10.0 Å². The van der Waals surface area contributed by atoms with Crippen molar-refractivity contribution in [3.8, 4) is 0 Å². The summed E-state index contributed by atoms with van der Waals surface area (Å²) in [6.45, 7) is 1.46. The van der Waals surface area contributed by atoms with Gasteiger partial charge in [-0.05, 0) is 31.0 Å². The first-order valence-electron chi connectivity index (χ1n) is 5.74. The van der Waals surface area contributed by atoms with E-state index >= 15 is 0 Å². The maximum atomic E-state index is 11.1. The molecule has 0 bridgehead atoms. The summed E-state index contributed by atoms with van der Waals surface area (Å²) in [5.74, 6) is 0. The molecular weight excluding hydrogens is 254 g/mol. The highest BCUT2D eigenvalue weighted by Gasteiger charge is 2.16. The summed E-state index contributed by atoms with van der Waals surface area (Å²) in [6.07, 6.45) is 2.30. The highest BCUT2D eigenvalue weighted by Crippen LogP contribution is 2.22. The fraction of sp³-hybridized carbons (Fsp3) is 0.455. The van der Waals surface area contributed by atoms with Crippen LogP contribution in [0.2, 0.25) is 0 Å². The van der Waals surface area contributed by atoms with E-state index in [0.29, 0.717) is 17.9 Å². The van der Waals surface area contributed by atoms with Crippen LogP contribution >= 0.6 is 0 Å². The smallest absolute Gasteiger partial charge is 0.238 e. The van der Waals surface area contributed by atoms with E-state index in [4.69, 9.17) is 15.6 Å². The van der Waals surface area contributed by atoms with Gasteiger partial charge < -0.3 is 15.8 Å². The minimum absolute atomic E-state index is 0.0164. The molecule has 0 spiro atoms. The van der Waals surface area contributed by atoms with Gasteiger partial charge in [0, 0.05) is 13.2 Å². The van der Waals surface area contributed by atoms with Crippen LogP contribution in [-0.4, -0.2) is 27.7 Å². The van der Waals surface area contributed by atoms with Crippen LogP contribution in [0.15, 0.2) is 23.1 Å². The van der Waals surface area contributed by atoms with Crippen LogP contribution in [0.5, 0.6) is 0 Å². The second-order valence-electron chi connectivity index (χ2n) is 4.31. The largest absolute Gasteiger partial charge is 0.397 e. The predicted molar refractivity (Wildman–Crippen MR) is 69.7 cm³/mol. The lowest BCUT2D eigenvalue weighted by Crippen LogP contribution is -2.19. The number of hydrogen-bond donors (Lipinski definition) is 3. The molecule has 6 nitrogen and oxygen atoms in total. The molecule has 1 atom stereocenters. The lowest BCUT2D eigenvalue weighted by molar-refractivity contribution is 0.120. The summed E-state index contributed by atoms with van der Waals surface area (Å²) in [6, 6.07) is 4.40. The molecule has 0 aromatic heterocycles. The number of hydrogen-bond acceptors (Lipinski definition) is 5. The third kappa shape index (κ3) is 3.12. The summed E-state index contributed by atoms with van der Waals surface area (Å²) < 4.78 is 27.8. The molecule has 1 unspecified atom stereocenters. The first kappa shape index (κ1) is 13.1. The second-order valence-corrected chi connectivity index (χ2v) is 5.87. The highest BCUT2D eigenvalue weighted by atomic mass is 32.2. The van der Waals surface area contributed by atoms with Crippen LogP contribution < -0.4 is 16.2 Å². The van der Waals surface area contributed by atoms with Gasteiger partial charge in [0.15, 0.2) is 0 Å². The SMILES string of the molecule is Nc1cc(S(N)(=O)=O)ccc1NCC1CCCO1. The fourth-order valence-electron chi connectivity index (χ4n) is 1.91. The van der Waals surface area contributed by atoms with E-state index in [0.717, 1.165) is 19.4 Å². The van der Waals surface area contributed by atoms with Gasteiger partial charge in [-0.15, -0.1) is 0 Å². The van der Waals surface area contributed by atoms with Crippen molar-refractivity contribution in [2.24, 2.45) is 5.14 Å². The molecule has 2 rings (SSSR count). The number of primary sulfonamides is 1. The van der Waals surface area contributed by atoms with Crippen molar-refractivity contribution < 1.29 is 13.2 Å². The summed E-state index contributed by atoms with van der Waals surface area (Å²) in [4.78, 5) is 0.0164. The topological polar surface area (TPSA) is 107 Å². The van der Waals surface area contributed by atoms with Crippen LogP contribution in [0, 0.1) is 0 Å². The Labute approximate surface area is 106 Å². The monoisotopic (exact) mass is 271 g/mol. The molecule has 0 amide bonds. The molecule has 7 heteroatoms. The molecule has 1 aromatic carbocycles. The number of ether oxygens (including phenoxy) is 1. The summed E-state index contributed by atoms with van der Waals surface area (Å²) in [5, 5.41) is 8.17. The fourth-order valence-corrected chi connectivity index (χ4v) is 2.46. The van der Waals surface area contributed by atoms with E-state index < -0.39 is 10.0 Å². The molecule has 0 saturated carbocycles. The van der Waals surface area contributed by atoms with Crippen molar-refractivity contribution >= 4 is 21.4 Å². The summed E-state index contributed by atoms with van der Waals surface area (Å²) in [7, 11) is -3.71. The zero-order chi connectivity index (χ0) is 13.2. The van der Waals surface area contributed by atoms with Crippen molar-refractivity contribution in [3.05, 3.63) is 18.2 Å². The van der Waals surface area contributed by atoms with E-state index in [1.54, 1.807) is 6.07 Å². The number of rotatable bonds is 4. The van der Waals surface area contributed by atoms with Crippen LogP contribution in [0.4, 0.5) is 11.4 Å². The van der Waals surface area contributed by atoms with Crippen LogP contribution in [0.3, 0.4) is 0 Å². The Bertz CT molecular complexity index is 524. The molecule has 1 aliphatic heterocycles. The molecule has 0 aliphatic carbocycles. The lowest BCUT2D eigenvalue weighted by Gasteiger charge is -2.14. The molecule has 100 valence electrons. The average Bonchev–Trinajstić information content (AvgIpc) is 2.79. The van der Waals surface area contributed by atoms with Crippen molar-refractivity contribution in [2.75, 3.05) is 24.2 Å². The maximum Gasteiger partial charge on any atom is 0.238 e. The van der Waals surface area contributed by atoms with Crippen molar-refractivity contribution in [1.82, 2.24) is 0 Å². The number of anilines is 2. The zero-order valence-electron chi connectivity index (χ0n) is 9.93. The van der Waals surface area contributed by atoms with Gasteiger partial charge in [0.05, 0.1) is 22.4 Å². The van der Waals surface area contributed by atoms with Gasteiger partial charge in [-0.25, -0.2) is 13.6 Å². The molecular formula is C11H17N3O3S. The van der Waals surface area contributed by atoms with Gasteiger partial charge in [-0.2, -0.15) is 0 Å². The second kappa shape index (κ2) is 5.13. The quantitative estimate of drug-likeness (QED) is 0.691. The number of nitrogens with one attached hydrogen (secondary N) is 1. The van der Waals surface area contributed by atoms with Gasteiger partial charge in [0.25, 0.3) is 0 Å². The molecule has 1 aromatic rings. The van der Waals surface area contributed by atoms with Crippen molar-refractivity contribution in [2.45, 2.75) is 23.8 Å². The van der Waals surface area contributed by atoms with Gasteiger partial charge in [0.1, 0.15) is 0 Å². The molecule has 1 fully saturated rings. The van der Waals surface area contributed by atoms with Crippen LogP contribution in [0.1, 0.15) is 12.8 Å². The average molecular weight is 271 g/mol. The Balaban J connectivity index is 2.05. The number of benzene rings is 1. The molecule has 18 heavy (non-hydrogen) atoms. The third-order valence-electron chi connectivity index (χ3n) is 2.90. The minimum Gasteiger partial charge on any atom is -0.397 e. The van der Waals surface area contributed by atoms with E-state index in [9.17, 15) is 8.42 Å².